The van der Waals surface area contributed by atoms with Gasteiger partial charge in [0.15, 0.2) is 0 Å². The van der Waals surface area contributed by atoms with Crippen LogP contribution in [0.5, 0.6) is 0 Å². The van der Waals surface area contributed by atoms with Crippen LogP contribution in [0.3, 0.4) is 0 Å². The van der Waals surface area contributed by atoms with Crippen LogP contribution >= 0.6 is 23.2 Å². The fourth-order valence-electron chi connectivity index (χ4n) is 2.35. The van der Waals surface area contributed by atoms with Crippen LogP contribution in [0.1, 0.15) is 6.92 Å². The molecule has 0 spiro atoms. The largest absolute Gasteiger partial charge is 0.292 e. The second-order valence-corrected chi connectivity index (χ2v) is 8.15. The molecule has 1 aromatic rings. The minimum Gasteiger partial charge on any atom is -0.292 e. The highest BCUT2D eigenvalue weighted by molar-refractivity contribution is 7.89. The summed E-state index contributed by atoms with van der Waals surface area (Å²) in [6.07, 6.45) is 0. The standard InChI is InChI=1S/C14H18Cl2N4O4S/c1-10(21)17-18-13(22)9-19-5-7-20(8-6-19)25(23,24)12-4-2-3-11(15)14(12)16/h2-4H,5-9H2,1H3,(H,17,21)(H,18,22). The van der Waals surface area contributed by atoms with Gasteiger partial charge in [0.1, 0.15) is 4.90 Å². The fraction of sp³-hybridized carbons (Fsp3) is 0.429. The molecule has 1 aliphatic heterocycles. The number of rotatable bonds is 4. The normalized spacial score (nSPS) is 16.4. The first-order valence-corrected chi connectivity index (χ1v) is 9.63. The molecular formula is C14H18Cl2N4O4S. The van der Waals surface area contributed by atoms with Crippen molar-refractivity contribution in [2.24, 2.45) is 0 Å². The number of benzene rings is 1. The molecule has 25 heavy (non-hydrogen) atoms. The van der Waals surface area contributed by atoms with Crippen molar-refractivity contribution in [3.8, 4) is 0 Å². The topological polar surface area (TPSA) is 98.8 Å². The lowest BCUT2D eigenvalue weighted by atomic mass is 10.3. The van der Waals surface area contributed by atoms with Crippen molar-refractivity contribution in [3.05, 3.63) is 28.2 Å². The van der Waals surface area contributed by atoms with Gasteiger partial charge in [-0.3, -0.25) is 25.3 Å². The summed E-state index contributed by atoms with van der Waals surface area (Å²) < 4.78 is 26.7. The van der Waals surface area contributed by atoms with E-state index in [-0.39, 0.29) is 46.4 Å². The number of nitrogens with one attached hydrogen (secondary N) is 2. The lowest BCUT2D eigenvalue weighted by Crippen LogP contribution is -2.52. The first kappa shape index (κ1) is 19.9. The van der Waals surface area contributed by atoms with E-state index in [1.54, 1.807) is 4.90 Å². The molecule has 2 rings (SSSR count). The molecule has 0 bridgehead atoms. The summed E-state index contributed by atoms with van der Waals surface area (Å²) in [6.45, 7) is 2.55. The second kappa shape index (κ2) is 8.33. The smallest absolute Gasteiger partial charge is 0.252 e. The molecule has 8 nitrogen and oxygen atoms in total. The van der Waals surface area contributed by atoms with E-state index < -0.39 is 10.0 Å². The first-order chi connectivity index (χ1) is 11.7. The first-order valence-electron chi connectivity index (χ1n) is 7.43. The van der Waals surface area contributed by atoms with Crippen LogP contribution in [0.4, 0.5) is 0 Å². The summed E-state index contributed by atoms with van der Waals surface area (Å²) in [4.78, 5) is 24.2. The Bertz CT molecular complexity index is 764. The molecule has 0 saturated carbocycles. The predicted molar refractivity (Wildman–Crippen MR) is 93.6 cm³/mol. The van der Waals surface area contributed by atoms with Crippen LogP contribution in [0.2, 0.25) is 10.0 Å². The summed E-state index contributed by atoms with van der Waals surface area (Å²) in [5, 5.41) is 0.178. The zero-order valence-corrected chi connectivity index (χ0v) is 15.8. The molecule has 1 aliphatic rings. The van der Waals surface area contributed by atoms with E-state index in [0.29, 0.717) is 13.1 Å². The number of halogens is 2. The molecule has 0 aromatic heterocycles. The Morgan fingerprint density at radius 1 is 1.12 bits per heavy atom. The Kier molecular flexibility index (Phi) is 6.64. The van der Waals surface area contributed by atoms with E-state index in [1.165, 1.54) is 29.4 Å². The summed E-state index contributed by atoms with van der Waals surface area (Å²) >= 11 is 11.9. The Morgan fingerprint density at radius 2 is 1.76 bits per heavy atom. The van der Waals surface area contributed by atoms with Crippen molar-refractivity contribution in [3.63, 3.8) is 0 Å². The van der Waals surface area contributed by atoms with Crippen LogP contribution in [0.15, 0.2) is 23.1 Å². The van der Waals surface area contributed by atoms with Crippen LogP contribution < -0.4 is 10.9 Å². The maximum absolute atomic E-state index is 12.7. The highest BCUT2D eigenvalue weighted by Gasteiger charge is 2.31. The molecule has 138 valence electrons. The Labute approximate surface area is 156 Å². The molecule has 1 aromatic carbocycles. The van der Waals surface area contributed by atoms with Gasteiger partial charge >= 0.3 is 0 Å². The number of piperazine rings is 1. The Morgan fingerprint density at radius 3 is 2.36 bits per heavy atom. The van der Waals surface area contributed by atoms with Gasteiger partial charge in [0.05, 0.1) is 16.6 Å². The number of amides is 2. The quantitative estimate of drug-likeness (QED) is 0.705. The third-order valence-electron chi connectivity index (χ3n) is 3.61. The third-order valence-corrected chi connectivity index (χ3v) is 6.48. The van der Waals surface area contributed by atoms with Gasteiger partial charge in [0.25, 0.3) is 5.91 Å². The molecule has 0 aliphatic carbocycles. The number of carbonyl (C=O) groups excluding carboxylic acids is 2. The minimum absolute atomic E-state index is 0.00119. The number of sulfonamides is 1. The van der Waals surface area contributed by atoms with Crippen LogP contribution in [0, 0.1) is 0 Å². The van der Waals surface area contributed by atoms with Gasteiger partial charge in [-0.2, -0.15) is 4.31 Å². The van der Waals surface area contributed by atoms with Crippen molar-refractivity contribution in [1.29, 1.82) is 0 Å². The molecule has 11 heteroatoms. The number of hydrogen-bond acceptors (Lipinski definition) is 5. The SMILES string of the molecule is CC(=O)NNC(=O)CN1CCN(S(=O)(=O)c2cccc(Cl)c2Cl)CC1. The van der Waals surface area contributed by atoms with Gasteiger partial charge in [-0.1, -0.05) is 29.3 Å². The van der Waals surface area contributed by atoms with Gasteiger partial charge in [-0.25, -0.2) is 8.42 Å². The minimum atomic E-state index is -3.76. The molecule has 1 heterocycles. The Balaban J connectivity index is 1.96. The number of hydrazine groups is 1. The van der Waals surface area contributed by atoms with E-state index in [2.05, 4.69) is 10.9 Å². The number of nitrogens with zero attached hydrogens (tertiary/aromatic N) is 2. The van der Waals surface area contributed by atoms with E-state index in [4.69, 9.17) is 23.2 Å². The van der Waals surface area contributed by atoms with Crippen molar-refractivity contribution in [2.75, 3.05) is 32.7 Å². The summed E-state index contributed by atoms with van der Waals surface area (Å²) in [6, 6.07) is 4.47. The van der Waals surface area contributed by atoms with E-state index in [9.17, 15) is 18.0 Å². The lowest BCUT2D eigenvalue weighted by molar-refractivity contribution is -0.128. The fourth-order valence-corrected chi connectivity index (χ4v) is 4.51. The van der Waals surface area contributed by atoms with Crippen LogP contribution in [0.25, 0.3) is 0 Å². The van der Waals surface area contributed by atoms with Crippen molar-refractivity contribution in [2.45, 2.75) is 11.8 Å². The van der Waals surface area contributed by atoms with Gasteiger partial charge < -0.3 is 0 Å². The van der Waals surface area contributed by atoms with E-state index in [0.717, 1.165) is 0 Å². The zero-order valence-electron chi connectivity index (χ0n) is 13.5. The molecule has 0 atom stereocenters. The average molecular weight is 409 g/mol. The summed E-state index contributed by atoms with van der Waals surface area (Å²) in [7, 11) is -3.76. The van der Waals surface area contributed by atoms with Gasteiger partial charge in [-0.05, 0) is 12.1 Å². The molecule has 1 fully saturated rings. The Hall–Kier alpha value is -1.39. The molecule has 0 radical (unpaired) electrons. The summed E-state index contributed by atoms with van der Waals surface area (Å²) in [5.74, 6) is -0.743. The monoisotopic (exact) mass is 408 g/mol. The molecular weight excluding hydrogens is 391 g/mol. The van der Waals surface area contributed by atoms with E-state index in [1.807, 2.05) is 0 Å². The number of hydrogen-bond donors (Lipinski definition) is 2. The van der Waals surface area contributed by atoms with Crippen LogP contribution in [-0.2, 0) is 19.6 Å². The predicted octanol–water partition coefficient (Wildman–Crippen LogP) is 0.467. The number of carbonyl (C=O) groups is 2. The maximum atomic E-state index is 12.7. The van der Waals surface area contributed by atoms with Crippen molar-refractivity contribution < 1.29 is 18.0 Å². The molecule has 0 unspecified atom stereocenters. The zero-order chi connectivity index (χ0) is 18.6. The third kappa shape index (κ3) is 5.05. The molecule has 2 amide bonds. The van der Waals surface area contributed by atoms with Gasteiger partial charge in [-0.15, -0.1) is 0 Å². The average Bonchev–Trinajstić information content (AvgIpc) is 2.56. The second-order valence-electron chi connectivity index (χ2n) is 5.46. The maximum Gasteiger partial charge on any atom is 0.252 e. The van der Waals surface area contributed by atoms with Crippen molar-refractivity contribution in [1.82, 2.24) is 20.1 Å². The lowest BCUT2D eigenvalue weighted by Gasteiger charge is -2.33. The summed E-state index contributed by atoms with van der Waals surface area (Å²) in [5.41, 5.74) is 4.47. The molecule has 1 saturated heterocycles. The van der Waals surface area contributed by atoms with Crippen LogP contribution in [-0.4, -0.2) is 62.2 Å². The molecule has 2 N–H and O–H groups in total. The highest BCUT2D eigenvalue weighted by Crippen LogP contribution is 2.31. The highest BCUT2D eigenvalue weighted by atomic mass is 35.5. The van der Waals surface area contributed by atoms with Gasteiger partial charge in [0.2, 0.25) is 15.9 Å². The van der Waals surface area contributed by atoms with Gasteiger partial charge in [0, 0.05) is 33.1 Å². The van der Waals surface area contributed by atoms with Crippen molar-refractivity contribution >= 4 is 45.0 Å². The van der Waals surface area contributed by atoms with E-state index >= 15 is 0 Å².